The van der Waals surface area contributed by atoms with Gasteiger partial charge in [-0.1, -0.05) is 0 Å². The van der Waals surface area contributed by atoms with E-state index in [2.05, 4.69) is 24.9 Å². The van der Waals surface area contributed by atoms with Crippen molar-refractivity contribution >= 4 is 28.9 Å². The third kappa shape index (κ3) is 2.21. The van der Waals surface area contributed by atoms with E-state index in [-0.39, 0.29) is 5.56 Å². The number of nitrogens with one attached hydrogen (secondary N) is 1. The molecule has 0 bridgehead atoms. The molecule has 3 heterocycles. The predicted octanol–water partition coefficient (Wildman–Crippen LogP) is 1.91. The summed E-state index contributed by atoms with van der Waals surface area (Å²) in [5.74, 6) is -0.982. The summed E-state index contributed by atoms with van der Waals surface area (Å²) in [4.78, 5) is 30.5. The highest BCUT2D eigenvalue weighted by Gasteiger charge is 2.12. The van der Waals surface area contributed by atoms with Crippen LogP contribution < -0.4 is 0 Å². The van der Waals surface area contributed by atoms with Gasteiger partial charge in [-0.3, -0.25) is 0 Å². The molecule has 8 heteroatoms. The van der Waals surface area contributed by atoms with Gasteiger partial charge in [-0.25, -0.2) is 24.7 Å². The third-order valence-electron chi connectivity index (χ3n) is 2.68. The molecule has 0 amide bonds. The molecule has 3 rings (SSSR count). The fourth-order valence-corrected chi connectivity index (χ4v) is 2.61. The summed E-state index contributed by atoms with van der Waals surface area (Å²) in [6, 6.07) is 3.20. The van der Waals surface area contributed by atoms with Crippen LogP contribution in [0.4, 0.5) is 0 Å². The Hall–Kier alpha value is -2.48. The molecule has 0 fully saturated rings. The molecule has 0 aliphatic rings. The smallest absolute Gasteiger partial charge is 0.337 e. The highest BCUT2D eigenvalue weighted by atomic mass is 32.2. The molecule has 7 nitrogen and oxygen atoms in total. The summed E-state index contributed by atoms with van der Waals surface area (Å²) >= 11 is 1.33. The molecular formula is C12H9N5O2S. The van der Waals surface area contributed by atoms with Gasteiger partial charge in [-0.05, 0) is 30.8 Å². The molecule has 0 unspecified atom stereocenters. The maximum Gasteiger partial charge on any atom is 0.337 e. The van der Waals surface area contributed by atoms with Crippen LogP contribution in [0, 0.1) is 6.92 Å². The molecule has 20 heavy (non-hydrogen) atoms. The number of hydrogen-bond acceptors (Lipinski definition) is 6. The average molecular weight is 287 g/mol. The summed E-state index contributed by atoms with van der Waals surface area (Å²) in [5.41, 5.74) is 1.99. The van der Waals surface area contributed by atoms with Gasteiger partial charge in [-0.15, -0.1) is 0 Å². The highest BCUT2D eigenvalue weighted by molar-refractivity contribution is 7.99. The van der Waals surface area contributed by atoms with Crippen molar-refractivity contribution in [1.29, 1.82) is 0 Å². The van der Waals surface area contributed by atoms with Gasteiger partial charge in [0, 0.05) is 0 Å². The molecule has 0 aliphatic heterocycles. The number of nitrogens with zero attached hydrogens (tertiary/aromatic N) is 4. The zero-order valence-electron chi connectivity index (χ0n) is 10.4. The normalized spacial score (nSPS) is 10.8. The van der Waals surface area contributed by atoms with Crippen LogP contribution in [-0.4, -0.2) is 36.0 Å². The summed E-state index contributed by atoms with van der Waals surface area (Å²) in [6.07, 6.45) is 2.99. The monoisotopic (exact) mass is 287 g/mol. The lowest BCUT2D eigenvalue weighted by atomic mass is 10.2. The second kappa shape index (κ2) is 4.89. The van der Waals surface area contributed by atoms with E-state index >= 15 is 0 Å². The fraction of sp³-hybridized carbons (Fsp3) is 0.0833. The minimum absolute atomic E-state index is 0.198. The molecule has 3 aromatic heterocycles. The second-order valence-electron chi connectivity index (χ2n) is 3.97. The Labute approximate surface area is 117 Å². The molecular weight excluding hydrogens is 278 g/mol. The van der Waals surface area contributed by atoms with Crippen molar-refractivity contribution in [2.75, 3.05) is 0 Å². The van der Waals surface area contributed by atoms with Gasteiger partial charge >= 0.3 is 5.97 Å². The molecule has 0 radical (unpaired) electrons. The summed E-state index contributed by atoms with van der Waals surface area (Å²) < 4.78 is 0. The van der Waals surface area contributed by atoms with Crippen LogP contribution in [0.3, 0.4) is 0 Å². The number of fused-ring (bicyclic) bond motifs is 1. The Morgan fingerprint density at radius 3 is 2.90 bits per heavy atom. The number of aromatic carboxylic acids is 1. The number of rotatable bonds is 3. The van der Waals surface area contributed by atoms with Crippen LogP contribution in [0.1, 0.15) is 16.1 Å². The van der Waals surface area contributed by atoms with E-state index in [0.717, 1.165) is 5.52 Å². The number of hydrogen-bond donors (Lipinski definition) is 2. The van der Waals surface area contributed by atoms with Gasteiger partial charge in [0.2, 0.25) is 0 Å². The molecule has 0 saturated carbocycles. The van der Waals surface area contributed by atoms with E-state index < -0.39 is 5.97 Å². The first kappa shape index (κ1) is 12.5. The second-order valence-corrected chi connectivity index (χ2v) is 4.98. The van der Waals surface area contributed by atoms with Crippen molar-refractivity contribution in [3.63, 3.8) is 0 Å². The third-order valence-corrected chi connectivity index (χ3v) is 3.62. The molecule has 0 aromatic carbocycles. The maximum absolute atomic E-state index is 11.0. The van der Waals surface area contributed by atoms with Gasteiger partial charge in [-0.2, -0.15) is 0 Å². The number of carboxylic acid groups (broad SMARTS) is 1. The number of carboxylic acids is 1. The predicted molar refractivity (Wildman–Crippen MR) is 71.7 cm³/mol. The largest absolute Gasteiger partial charge is 0.478 e. The first-order chi connectivity index (χ1) is 9.65. The van der Waals surface area contributed by atoms with Crippen molar-refractivity contribution in [1.82, 2.24) is 24.9 Å². The molecule has 0 spiro atoms. The number of aromatic amines is 1. The van der Waals surface area contributed by atoms with Crippen LogP contribution in [0.25, 0.3) is 11.2 Å². The maximum atomic E-state index is 11.0. The molecule has 0 saturated heterocycles. The fourth-order valence-electron chi connectivity index (χ4n) is 1.74. The van der Waals surface area contributed by atoms with E-state index in [9.17, 15) is 4.79 Å². The van der Waals surface area contributed by atoms with E-state index in [1.807, 2.05) is 0 Å². The number of imidazole rings is 1. The van der Waals surface area contributed by atoms with E-state index in [0.29, 0.717) is 21.4 Å². The van der Waals surface area contributed by atoms with Crippen LogP contribution in [0.5, 0.6) is 0 Å². The number of carbonyl (C=O) groups is 1. The zero-order chi connectivity index (χ0) is 14.1. The number of H-pyrrole nitrogens is 1. The molecule has 100 valence electrons. The van der Waals surface area contributed by atoms with Crippen molar-refractivity contribution in [3.05, 3.63) is 36.0 Å². The van der Waals surface area contributed by atoms with Crippen LogP contribution in [-0.2, 0) is 0 Å². The topological polar surface area (TPSA) is 105 Å². The quantitative estimate of drug-likeness (QED) is 0.709. The van der Waals surface area contributed by atoms with Crippen molar-refractivity contribution in [3.8, 4) is 0 Å². The van der Waals surface area contributed by atoms with Gasteiger partial charge in [0.15, 0.2) is 5.65 Å². The number of pyridine rings is 1. The van der Waals surface area contributed by atoms with Gasteiger partial charge in [0.05, 0.1) is 17.6 Å². The standard InChI is InChI=1S/C12H9N5O2S/c1-6-7(12(18)19)2-3-8(17-6)20-11-9-10(14-4-13-9)15-5-16-11/h2-5H,1H3,(H,18,19)(H,13,14,15,16). The van der Waals surface area contributed by atoms with Crippen LogP contribution in [0.15, 0.2) is 34.8 Å². The lowest BCUT2D eigenvalue weighted by Crippen LogP contribution is -2.01. The molecule has 0 atom stereocenters. The van der Waals surface area contributed by atoms with E-state index in [4.69, 9.17) is 5.11 Å². The Kier molecular flexibility index (Phi) is 3.07. The summed E-state index contributed by atoms with van der Waals surface area (Å²) in [6.45, 7) is 1.67. The summed E-state index contributed by atoms with van der Waals surface area (Å²) in [5, 5.41) is 10.3. The Bertz CT molecular complexity index is 801. The lowest BCUT2D eigenvalue weighted by molar-refractivity contribution is 0.0695. The lowest BCUT2D eigenvalue weighted by Gasteiger charge is -2.04. The van der Waals surface area contributed by atoms with Gasteiger partial charge in [0.1, 0.15) is 21.9 Å². The van der Waals surface area contributed by atoms with Crippen LogP contribution >= 0.6 is 11.8 Å². The van der Waals surface area contributed by atoms with Crippen molar-refractivity contribution in [2.45, 2.75) is 17.0 Å². The molecule has 2 N–H and O–H groups in total. The van der Waals surface area contributed by atoms with Gasteiger partial charge < -0.3 is 10.1 Å². The van der Waals surface area contributed by atoms with Crippen molar-refractivity contribution in [2.24, 2.45) is 0 Å². The Morgan fingerprint density at radius 1 is 1.30 bits per heavy atom. The van der Waals surface area contributed by atoms with Crippen molar-refractivity contribution < 1.29 is 9.90 Å². The first-order valence-electron chi connectivity index (χ1n) is 5.68. The van der Waals surface area contributed by atoms with Gasteiger partial charge in [0.25, 0.3) is 0 Å². The minimum Gasteiger partial charge on any atom is -0.478 e. The number of aryl methyl sites for hydroxylation is 1. The van der Waals surface area contributed by atoms with E-state index in [1.54, 1.807) is 25.4 Å². The minimum atomic E-state index is -0.982. The Balaban J connectivity index is 1.97. The van der Waals surface area contributed by atoms with E-state index in [1.165, 1.54) is 18.1 Å². The van der Waals surface area contributed by atoms with Crippen LogP contribution in [0.2, 0.25) is 0 Å². The first-order valence-corrected chi connectivity index (χ1v) is 6.49. The average Bonchev–Trinajstić information content (AvgIpc) is 2.87. The SMILES string of the molecule is Cc1nc(Sc2ncnc3nc[nH]c23)ccc1C(=O)O. The molecule has 0 aliphatic carbocycles. The zero-order valence-corrected chi connectivity index (χ0v) is 11.2. The molecule has 3 aromatic rings. The number of aromatic nitrogens is 5. The highest BCUT2D eigenvalue weighted by Crippen LogP contribution is 2.28. The Morgan fingerprint density at radius 2 is 2.15 bits per heavy atom. The summed E-state index contributed by atoms with van der Waals surface area (Å²) in [7, 11) is 0.